The second-order valence-electron chi connectivity index (χ2n) is 6.00. The molecule has 2 atom stereocenters. The van der Waals surface area contributed by atoms with E-state index in [1.807, 2.05) is 30.4 Å². The highest BCUT2D eigenvalue weighted by molar-refractivity contribution is 6.38. The Kier molecular flexibility index (Phi) is 2.61. The first-order valence-corrected chi connectivity index (χ1v) is 7.31. The fraction of sp³-hybridized carbons (Fsp3) is 0.158. The summed E-state index contributed by atoms with van der Waals surface area (Å²) in [5.41, 5.74) is 1.83. The summed E-state index contributed by atoms with van der Waals surface area (Å²) in [6.07, 6.45) is 12.0. The molecule has 0 fully saturated rings. The monoisotopic (exact) mass is 289 g/mol. The minimum atomic E-state index is -0.164. The van der Waals surface area contributed by atoms with Crippen molar-refractivity contribution in [3.63, 3.8) is 0 Å². The average Bonchev–Trinajstić information content (AvgIpc) is 2.79. The number of rotatable bonds is 1. The van der Waals surface area contributed by atoms with Crippen LogP contribution in [0.5, 0.6) is 0 Å². The zero-order chi connectivity index (χ0) is 15.3. The van der Waals surface area contributed by atoms with Gasteiger partial charge in [0.25, 0.3) is 0 Å². The zero-order valence-corrected chi connectivity index (χ0v) is 12.2. The standard InChI is InChI=1S/C19H15NO2/c1-19-10-5-4-8-15(19)20-14(9-11-19)16-17(21)12-6-2-3-7-13(12)18(16)22/h2-11,15,21H,1H3/t15-,19-/m0/s1. The number of ketones is 1. The van der Waals surface area contributed by atoms with E-state index in [0.29, 0.717) is 22.4 Å². The Morgan fingerprint density at radius 1 is 1.14 bits per heavy atom. The highest BCUT2D eigenvalue weighted by Gasteiger charge is 2.36. The molecular formula is C19H15NO2. The van der Waals surface area contributed by atoms with Gasteiger partial charge in [-0.1, -0.05) is 61.6 Å². The molecule has 0 radical (unpaired) electrons. The molecule has 2 aliphatic carbocycles. The van der Waals surface area contributed by atoms with Crippen LogP contribution in [0.25, 0.3) is 5.76 Å². The number of fused-ring (bicyclic) bond motifs is 2. The molecule has 3 heteroatoms. The van der Waals surface area contributed by atoms with Gasteiger partial charge < -0.3 is 5.11 Å². The van der Waals surface area contributed by atoms with Gasteiger partial charge in [0.1, 0.15) is 5.76 Å². The lowest BCUT2D eigenvalue weighted by molar-refractivity contribution is 0.104. The largest absolute Gasteiger partial charge is 0.506 e. The van der Waals surface area contributed by atoms with Gasteiger partial charge in [0, 0.05) is 16.5 Å². The predicted octanol–water partition coefficient (Wildman–Crippen LogP) is 3.66. The van der Waals surface area contributed by atoms with E-state index in [9.17, 15) is 9.90 Å². The molecule has 1 N–H and O–H groups in total. The first-order valence-electron chi connectivity index (χ1n) is 7.31. The van der Waals surface area contributed by atoms with Gasteiger partial charge in [0.15, 0.2) is 5.78 Å². The molecule has 1 heterocycles. The highest BCUT2D eigenvalue weighted by atomic mass is 16.3. The smallest absolute Gasteiger partial charge is 0.199 e. The summed E-state index contributed by atoms with van der Waals surface area (Å²) in [5.74, 6) is -0.127. The number of benzene rings is 1. The van der Waals surface area contributed by atoms with Gasteiger partial charge in [-0.05, 0) is 6.08 Å². The molecule has 3 nitrogen and oxygen atoms in total. The maximum absolute atomic E-state index is 12.6. The number of nitrogens with zero attached hydrogens (tertiary/aromatic N) is 1. The highest BCUT2D eigenvalue weighted by Crippen LogP contribution is 2.38. The number of allylic oxidation sites excluding steroid dienone is 4. The molecule has 108 valence electrons. The molecule has 0 saturated carbocycles. The Morgan fingerprint density at radius 2 is 1.91 bits per heavy atom. The van der Waals surface area contributed by atoms with Crippen molar-refractivity contribution < 1.29 is 9.90 Å². The quantitative estimate of drug-likeness (QED) is 0.857. The van der Waals surface area contributed by atoms with Gasteiger partial charge in [-0.25, -0.2) is 0 Å². The third-order valence-electron chi connectivity index (χ3n) is 4.52. The van der Waals surface area contributed by atoms with Gasteiger partial charge in [0.2, 0.25) is 0 Å². The minimum Gasteiger partial charge on any atom is -0.506 e. The van der Waals surface area contributed by atoms with E-state index < -0.39 is 0 Å². The number of aliphatic hydroxyl groups is 1. The van der Waals surface area contributed by atoms with E-state index in [1.54, 1.807) is 18.2 Å². The molecule has 0 unspecified atom stereocenters. The summed E-state index contributed by atoms with van der Waals surface area (Å²) in [5, 5.41) is 10.4. The number of dihydropyridines is 1. The van der Waals surface area contributed by atoms with Crippen molar-refractivity contribution in [2.75, 3.05) is 0 Å². The van der Waals surface area contributed by atoms with Crippen LogP contribution >= 0.6 is 0 Å². The molecule has 0 amide bonds. The summed E-state index contributed by atoms with van der Waals surface area (Å²) in [4.78, 5) is 17.3. The molecule has 1 aromatic carbocycles. The van der Waals surface area contributed by atoms with Crippen molar-refractivity contribution in [2.45, 2.75) is 13.0 Å². The van der Waals surface area contributed by atoms with Crippen LogP contribution in [0.1, 0.15) is 22.8 Å². The molecule has 0 saturated heterocycles. The Balaban J connectivity index is 1.80. The summed E-state index contributed by atoms with van der Waals surface area (Å²) in [6.45, 7) is 2.11. The summed E-state index contributed by atoms with van der Waals surface area (Å²) in [6, 6.07) is 7.07. The zero-order valence-electron chi connectivity index (χ0n) is 12.2. The van der Waals surface area contributed by atoms with Crippen LogP contribution < -0.4 is 0 Å². The Bertz CT molecular complexity index is 839. The molecule has 4 rings (SSSR count). The third-order valence-corrected chi connectivity index (χ3v) is 4.52. The van der Waals surface area contributed by atoms with Crippen LogP contribution in [0.3, 0.4) is 0 Å². The lowest BCUT2D eigenvalue weighted by Crippen LogP contribution is -2.31. The van der Waals surface area contributed by atoms with E-state index in [-0.39, 0.29) is 23.0 Å². The molecule has 3 aliphatic rings. The van der Waals surface area contributed by atoms with Crippen molar-refractivity contribution in [1.29, 1.82) is 0 Å². The predicted molar refractivity (Wildman–Crippen MR) is 87.1 cm³/mol. The number of aliphatic hydroxyl groups excluding tert-OH is 1. The third kappa shape index (κ3) is 1.69. The minimum absolute atomic E-state index is 0.0305. The average molecular weight is 289 g/mol. The molecule has 1 aliphatic heterocycles. The lowest BCUT2D eigenvalue weighted by Gasteiger charge is -2.33. The van der Waals surface area contributed by atoms with Crippen LogP contribution in [0.15, 0.2) is 71.3 Å². The van der Waals surface area contributed by atoms with Crippen LogP contribution in [0, 0.1) is 5.41 Å². The van der Waals surface area contributed by atoms with E-state index >= 15 is 0 Å². The fourth-order valence-corrected chi connectivity index (χ4v) is 3.18. The number of hydrogen-bond donors (Lipinski definition) is 1. The van der Waals surface area contributed by atoms with Gasteiger partial charge in [-0.2, -0.15) is 0 Å². The molecule has 1 aromatic rings. The van der Waals surface area contributed by atoms with Crippen LogP contribution in [-0.4, -0.2) is 22.6 Å². The molecule has 22 heavy (non-hydrogen) atoms. The lowest BCUT2D eigenvalue weighted by atomic mass is 9.77. The van der Waals surface area contributed by atoms with Gasteiger partial charge in [-0.3, -0.25) is 9.79 Å². The topological polar surface area (TPSA) is 49.7 Å². The first kappa shape index (κ1) is 13.0. The Labute approximate surface area is 128 Å². The number of aliphatic imine (C=N–C) groups is 1. The Hall–Kier alpha value is -2.68. The van der Waals surface area contributed by atoms with Crippen molar-refractivity contribution in [1.82, 2.24) is 0 Å². The second-order valence-corrected chi connectivity index (χ2v) is 6.00. The second kappa shape index (κ2) is 4.41. The Morgan fingerprint density at radius 3 is 2.68 bits per heavy atom. The molecule has 0 spiro atoms. The summed E-state index contributed by atoms with van der Waals surface area (Å²) in [7, 11) is 0. The van der Waals surface area contributed by atoms with Gasteiger partial charge in [0.05, 0.1) is 17.3 Å². The number of hydrogen-bond acceptors (Lipinski definition) is 3. The van der Waals surface area contributed by atoms with Crippen LogP contribution in [0.4, 0.5) is 0 Å². The summed E-state index contributed by atoms with van der Waals surface area (Å²) < 4.78 is 0. The van der Waals surface area contributed by atoms with Crippen molar-refractivity contribution in [2.24, 2.45) is 10.4 Å². The molecule has 0 aromatic heterocycles. The maximum Gasteiger partial charge on any atom is 0.199 e. The number of carbonyl (C=O) groups is 1. The number of Topliss-reactive ketones (excluding diaryl/α,β-unsaturated/α-hetero) is 1. The number of carbonyl (C=O) groups excluding carboxylic acids is 1. The van der Waals surface area contributed by atoms with Crippen molar-refractivity contribution in [3.8, 4) is 0 Å². The molecule has 0 bridgehead atoms. The van der Waals surface area contributed by atoms with E-state index in [1.165, 1.54) is 0 Å². The SMILES string of the molecule is C[C@@]12C=CC=C[C@@H]1N=C(C1=C(O)c3ccccc3C1=O)C=C2. The van der Waals surface area contributed by atoms with Gasteiger partial charge in [-0.15, -0.1) is 0 Å². The first-order chi connectivity index (χ1) is 10.6. The van der Waals surface area contributed by atoms with Crippen LogP contribution in [0.2, 0.25) is 0 Å². The van der Waals surface area contributed by atoms with Crippen LogP contribution in [-0.2, 0) is 0 Å². The van der Waals surface area contributed by atoms with E-state index in [2.05, 4.69) is 19.1 Å². The van der Waals surface area contributed by atoms with E-state index in [4.69, 9.17) is 4.99 Å². The maximum atomic E-state index is 12.6. The fourth-order valence-electron chi connectivity index (χ4n) is 3.18. The van der Waals surface area contributed by atoms with Crippen molar-refractivity contribution >= 4 is 17.3 Å². The van der Waals surface area contributed by atoms with Crippen molar-refractivity contribution in [3.05, 3.63) is 77.4 Å². The summed E-state index contributed by atoms with van der Waals surface area (Å²) >= 11 is 0. The molecular weight excluding hydrogens is 274 g/mol. The van der Waals surface area contributed by atoms with E-state index in [0.717, 1.165) is 0 Å². The normalized spacial score (nSPS) is 28.7. The van der Waals surface area contributed by atoms with Gasteiger partial charge >= 0.3 is 0 Å².